The summed E-state index contributed by atoms with van der Waals surface area (Å²) in [5.41, 5.74) is 12.2. The molecule has 0 saturated carbocycles. The summed E-state index contributed by atoms with van der Waals surface area (Å²) in [5, 5.41) is 0. The maximum atomic E-state index is 14.5. The van der Waals surface area contributed by atoms with Crippen molar-refractivity contribution in [1.29, 1.82) is 0 Å². The Balaban J connectivity index is 1.11. The maximum Gasteiger partial charge on any atom is 0.193 e. The molecule has 0 spiro atoms. The zero-order chi connectivity index (χ0) is 44.9. The van der Waals surface area contributed by atoms with Crippen LogP contribution in [0.25, 0.3) is 0 Å². The van der Waals surface area contributed by atoms with E-state index in [0.717, 1.165) is 35.3 Å². The molecule has 6 aromatic rings. The first kappa shape index (κ1) is 44.3. The predicted molar refractivity (Wildman–Crippen MR) is 261 cm³/mol. The first-order chi connectivity index (χ1) is 31.1. The molecule has 2 aliphatic heterocycles. The molecule has 5 nitrogen and oxygen atoms in total. The number of piperidine rings is 2. The van der Waals surface area contributed by atoms with Gasteiger partial charge >= 0.3 is 0 Å². The van der Waals surface area contributed by atoms with E-state index in [0.29, 0.717) is 37.3 Å². The highest BCUT2D eigenvalue weighted by molar-refractivity contribution is 6.09. The van der Waals surface area contributed by atoms with Crippen molar-refractivity contribution in [2.75, 3.05) is 39.3 Å². The molecule has 2 fully saturated rings. The van der Waals surface area contributed by atoms with Gasteiger partial charge in [-0.1, -0.05) is 158 Å². The Hall–Kier alpha value is -6.27. The summed E-state index contributed by atoms with van der Waals surface area (Å²) in [7, 11) is 0. The van der Waals surface area contributed by atoms with E-state index in [-0.39, 0.29) is 52.9 Å². The van der Waals surface area contributed by atoms with Gasteiger partial charge in [-0.3, -0.25) is 24.2 Å². The van der Waals surface area contributed by atoms with E-state index in [9.17, 15) is 14.4 Å². The van der Waals surface area contributed by atoms with E-state index in [4.69, 9.17) is 0 Å². The van der Waals surface area contributed by atoms with Crippen molar-refractivity contribution in [3.8, 4) is 0 Å². The number of likely N-dealkylation sites (tertiary alicyclic amines) is 2. The number of Topliss-reactive ketones (excluding diaryl/α,β-unsaturated/α-hetero) is 2. The van der Waals surface area contributed by atoms with Crippen molar-refractivity contribution in [3.63, 3.8) is 0 Å². The van der Waals surface area contributed by atoms with Crippen LogP contribution in [0.3, 0.4) is 0 Å². The van der Waals surface area contributed by atoms with Gasteiger partial charge in [0.15, 0.2) is 17.3 Å². The fraction of sp³-hybridized carbons (Fsp3) is 0.271. The lowest BCUT2D eigenvalue weighted by Crippen LogP contribution is -2.47. The zero-order valence-corrected chi connectivity index (χ0v) is 37.8. The van der Waals surface area contributed by atoms with E-state index >= 15 is 0 Å². The minimum Gasteiger partial charge on any atom is -0.298 e. The second-order valence-electron chi connectivity index (χ2n) is 18.1. The molecule has 64 heavy (non-hydrogen) atoms. The van der Waals surface area contributed by atoms with E-state index < -0.39 is 0 Å². The molecule has 6 atom stereocenters. The lowest BCUT2D eigenvalue weighted by atomic mass is 9.67. The van der Waals surface area contributed by atoms with E-state index in [1.54, 1.807) is 0 Å². The van der Waals surface area contributed by atoms with Crippen LogP contribution >= 0.6 is 0 Å². The Bertz CT molecular complexity index is 2450. The molecule has 0 aromatic heterocycles. The van der Waals surface area contributed by atoms with Gasteiger partial charge in [-0.2, -0.15) is 0 Å². The third-order valence-corrected chi connectivity index (χ3v) is 14.3. The Morgan fingerprint density at radius 2 is 0.844 bits per heavy atom. The first-order valence-electron chi connectivity index (χ1n) is 22.8. The molecule has 324 valence electrons. The van der Waals surface area contributed by atoms with E-state index in [1.165, 1.54) is 33.4 Å². The van der Waals surface area contributed by atoms with Crippen molar-refractivity contribution < 1.29 is 14.4 Å². The van der Waals surface area contributed by atoms with Gasteiger partial charge in [0.05, 0.1) is 0 Å². The number of rotatable bonds is 14. The van der Waals surface area contributed by atoms with Gasteiger partial charge in [0, 0.05) is 97.0 Å². The number of ketones is 3. The fourth-order valence-electron chi connectivity index (χ4n) is 10.8. The van der Waals surface area contributed by atoms with Crippen LogP contribution in [0, 0.1) is 39.5 Å². The van der Waals surface area contributed by atoms with Gasteiger partial charge in [-0.15, -0.1) is 13.2 Å². The SMILES string of the molecule is C=CCN1CC(C(=O)c2ccccc2)C(c2cccc(C)c2C)C(c2ccc(C(=O)c3ccc(C4CN(CC=C)CC(C(=O)c5ccccc5)C4c4cccc(C)c4C)cc3)cc2)C1. The summed E-state index contributed by atoms with van der Waals surface area (Å²) in [6.45, 7) is 20.9. The predicted octanol–water partition coefficient (Wildman–Crippen LogP) is 11.9. The first-order valence-corrected chi connectivity index (χ1v) is 22.8. The summed E-state index contributed by atoms with van der Waals surface area (Å²) >= 11 is 0. The van der Waals surface area contributed by atoms with Crippen LogP contribution in [0.5, 0.6) is 0 Å². The molecule has 6 unspecified atom stereocenters. The molecule has 0 amide bonds. The Morgan fingerprint density at radius 3 is 1.20 bits per heavy atom. The molecule has 0 radical (unpaired) electrons. The number of aryl methyl sites for hydroxylation is 2. The third-order valence-electron chi connectivity index (χ3n) is 14.3. The van der Waals surface area contributed by atoms with E-state index in [2.05, 4.69) is 111 Å². The van der Waals surface area contributed by atoms with Crippen LogP contribution in [0.15, 0.2) is 171 Å². The molecule has 0 aliphatic carbocycles. The van der Waals surface area contributed by atoms with Gasteiger partial charge in [-0.25, -0.2) is 0 Å². The summed E-state index contributed by atoms with van der Waals surface area (Å²) in [6, 6.07) is 48.5. The van der Waals surface area contributed by atoms with Crippen molar-refractivity contribution >= 4 is 17.3 Å². The second-order valence-corrected chi connectivity index (χ2v) is 18.1. The van der Waals surface area contributed by atoms with Crippen molar-refractivity contribution in [2.24, 2.45) is 11.8 Å². The van der Waals surface area contributed by atoms with Gasteiger partial charge < -0.3 is 0 Å². The largest absolute Gasteiger partial charge is 0.298 e. The topological polar surface area (TPSA) is 57.7 Å². The Kier molecular flexibility index (Phi) is 13.6. The highest BCUT2D eigenvalue weighted by Gasteiger charge is 2.44. The zero-order valence-electron chi connectivity index (χ0n) is 37.8. The molecule has 0 N–H and O–H groups in total. The van der Waals surface area contributed by atoms with Crippen LogP contribution < -0.4 is 0 Å². The molecule has 2 saturated heterocycles. The van der Waals surface area contributed by atoms with Gasteiger partial charge in [0.1, 0.15) is 0 Å². The maximum absolute atomic E-state index is 14.5. The summed E-state index contributed by atoms with van der Waals surface area (Å²) in [4.78, 5) is 48.0. The Morgan fingerprint density at radius 1 is 0.469 bits per heavy atom. The molecule has 5 heteroatoms. The third kappa shape index (κ3) is 9.06. The minimum atomic E-state index is -0.268. The summed E-state index contributed by atoms with van der Waals surface area (Å²) in [6.07, 6.45) is 3.84. The molecule has 2 aliphatic rings. The highest BCUT2D eigenvalue weighted by atomic mass is 16.1. The number of hydrogen-bond acceptors (Lipinski definition) is 5. The lowest BCUT2D eigenvalue weighted by molar-refractivity contribution is 0.0753. The molecular formula is C59H60N2O3. The average Bonchev–Trinajstić information content (AvgIpc) is 3.33. The summed E-state index contributed by atoms with van der Waals surface area (Å²) < 4.78 is 0. The van der Waals surface area contributed by atoms with Gasteiger partial charge in [0.2, 0.25) is 0 Å². The number of carbonyl (C=O) groups is 3. The number of nitrogens with zero attached hydrogens (tertiary/aromatic N) is 2. The van der Waals surface area contributed by atoms with Crippen molar-refractivity contribution in [1.82, 2.24) is 9.80 Å². The van der Waals surface area contributed by atoms with E-state index in [1.807, 2.05) is 97.1 Å². The minimum absolute atomic E-state index is 0.00836. The number of hydrogen-bond donors (Lipinski definition) is 0. The highest BCUT2D eigenvalue weighted by Crippen LogP contribution is 2.47. The van der Waals surface area contributed by atoms with Crippen LogP contribution in [0.4, 0.5) is 0 Å². The molecule has 0 bridgehead atoms. The number of carbonyl (C=O) groups excluding carboxylic acids is 3. The smallest absolute Gasteiger partial charge is 0.193 e. The molecular weight excluding hydrogens is 785 g/mol. The Labute approximate surface area is 380 Å². The van der Waals surface area contributed by atoms with Crippen molar-refractivity contribution in [3.05, 3.63) is 238 Å². The van der Waals surface area contributed by atoms with Crippen LogP contribution in [0.2, 0.25) is 0 Å². The average molecular weight is 845 g/mol. The summed E-state index contributed by atoms with van der Waals surface area (Å²) in [5.74, 6) is -0.367. The molecule has 8 rings (SSSR count). The second kappa shape index (κ2) is 19.6. The van der Waals surface area contributed by atoms with Crippen LogP contribution in [-0.4, -0.2) is 66.4 Å². The normalized spacial score (nSPS) is 21.5. The monoisotopic (exact) mass is 844 g/mol. The quantitative estimate of drug-likeness (QED) is 0.0807. The standard InChI is InChI=1S/C59H60N2O3/c1-7-33-60-35-51(55(49-23-15-17-39(3)41(49)5)53(37-60)58(63)45-19-11-9-12-20-45)43-25-29-47(30-26-43)57(62)48-31-27-44(28-32-48)52-36-61(34-8-2)38-54(59(64)46-21-13-10-14-22-46)56(52)50-24-16-18-40(4)42(50)6/h7-32,51-56H,1-2,33-38H2,3-6H3. The van der Waals surface area contributed by atoms with Crippen LogP contribution in [-0.2, 0) is 0 Å². The van der Waals surface area contributed by atoms with Crippen molar-refractivity contribution in [2.45, 2.75) is 51.4 Å². The number of benzene rings is 6. The molecule has 6 aromatic carbocycles. The lowest BCUT2D eigenvalue weighted by Gasteiger charge is -2.44. The van der Waals surface area contributed by atoms with Gasteiger partial charge in [0.25, 0.3) is 0 Å². The molecule has 2 heterocycles. The van der Waals surface area contributed by atoms with Gasteiger partial charge in [-0.05, 0) is 72.2 Å². The fourth-order valence-corrected chi connectivity index (χ4v) is 10.8. The van der Waals surface area contributed by atoms with Crippen LogP contribution in [0.1, 0.15) is 105 Å².